The Hall–Kier alpha value is -2.25. The Morgan fingerprint density at radius 1 is 1.14 bits per heavy atom. The summed E-state index contributed by atoms with van der Waals surface area (Å²) in [4.78, 5) is 26.8. The second-order valence-electron chi connectivity index (χ2n) is 6.44. The summed E-state index contributed by atoms with van der Waals surface area (Å²) < 4.78 is 12.4. The lowest BCUT2D eigenvalue weighted by Crippen LogP contribution is -2.27. The Morgan fingerprint density at radius 3 is 2.52 bits per heavy atom. The number of carbonyl (C=O) groups excluding carboxylic acids is 2. The molecule has 1 saturated heterocycles. The standard InChI is InChI=1S/C22H22BrNO4S/c1-4-14(3)28-19-13-17(23)15(11-18(19)27-5-2)12-20-21(25)24(22(26)29-20)16-9-7-6-8-10-16/h6-14H,4-5H2,1-3H3/b20-12+/t14-/m0/s1. The number of hydrogen-bond acceptors (Lipinski definition) is 5. The van der Waals surface area contributed by atoms with E-state index in [9.17, 15) is 9.59 Å². The molecule has 0 aromatic heterocycles. The fourth-order valence-electron chi connectivity index (χ4n) is 2.73. The van der Waals surface area contributed by atoms with Gasteiger partial charge in [0, 0.05) is 4.47 Å². The second kappa shape index (κ2) is 9.50. The van der Waals surface area contributed by atoms with Gasteiger partial charge in [-0.05, 0) is 67.9 Å². The molecule has 0 radical (unpaired) electrons. The van der Waals surface area contributed by atoms with Crippen molar-refractivity contribution < 1.29 is 19.1 Å². The summed E-state index contributed by atoms with van der Waals surface area (Å²) in [6.07, 6.45) is 2.62. The Morgan fingerprint density at radius 2 is 1.86 bits per heavy atom. The molecule has 3 rings (SSSR count). The van der Waals surface area contributed by atoms with Crippen LogP contribution in [0.15, 0.2) is 51.8 Å². The predicted octanol–water partition coefficient (Wildman–Crippen LogP) is 6.27. The van der Waals surface area contributed by atoms with E-state index in [1.807, 2.05) is 32.0 Å². The maximum Gasteiger partial charge on any atom is 0.298 e. The molecule has 0 bridgehead atoms. The van der Waals surface area contributed by atoms with Gasteiger partial charge in [-0.2, -0.15) is 0 Å². The molecule has 7 heteroatoms. The number of ether oxygens (including phenoxy) is 2. The van der Waals surface area contributed by atoms with Crippen molar-refractivity contribution in [2.75, 3.05) is 11.5 Å². The van der Waals surface area contributed by atoms with E-state index in [0.717, 1.165) is 28.2 Å². The van der Waals surface area contributed by atoms with Crippen LogP contribution in [0.3, 0.4) is 0 Å². The van der Waals surface area contributed by atoms with Crippen LogP contribution in [0.5, 0.6) is 11.5 Å². The minimum absolute atomic E-state index is 0.0503. The molecule has 0 spiro atoms. The van der Waals surface area contributed by atoms with E-state index in [4.69, 9.17) is 9.47 Å². The molecule has 152 valence electrons. The topological polar surface area (TPSA) is 55.8 Å². The predicted molar refractivity (Wildman–Crippen MR) is 121 cm³/mol. The van der Waals surface area contributed by atoms with Gasteiger partial charge in [0.05, 0.1) is 23.3 Å². The van der Waals surface area contributed by atoms with Crippen LogP contribution < -0.4 is 14.4 Å². The molecule has 0 saturated carbocycles. The van der Waals surface area contributed by atoms with Crippen LogP contribution >= 0.6 is 27.7 Å². The number of para-hydroxylation sites is 1. The zero-order valence-corrected chi connectivity index (χ0v) is 18.9. The first-order chi connectivity index (χ1) is 13.9. The first-order valence-electron chi connectivity index (χ1n) is 9.40. The SMILES string of the molecule is CCOc1cc(/C=C2/SC(=O)N(c3ccccc3)C2=O)c(Br)cc1O[C@@H](C)CC. The highest BCUT2D eigenvalue weighted by molar-refractivity contribution is 9.10. The van der Waals surface area contributed by atoms with Gasteiger partial charge in [-0.3, -0.25) is 9.59 Å². The minimum Gasteiger partial charge on any atom is -0.490 e. The lowest BCUT2D eigenvalue weighted by atomic mass is 10.1. The maximum absolute atomic E-state index is 12.8. The van der Waals surface area contributed by atoms with Gasteiger partial charge in [0.15, 0.2) is 11.5 Å². The van der Waals surface area contributed by atoms with Crippen molar-refractivity contribution >= 4 is 50.6 Å². The molecule has 1 atom stereocenters. The summed E-state index contributed by atoms with van der Waals surface area (Å²) in [5, 5.41) is -0.315. The zero-order valence-electron chi connectivity index (χ0n) is 16.5. The zero-order chi connectivity index (χ0) is 21.0. The summed E-state index contributed by atoms with van der Waals surface area (Å²) in [5.41, 5.74) is 1.30. The van der Waals surface area contributed by atoms with Crippen LogP contribution in [0.25, 0.3) is 6.08 Å². The number of hydrogen-bond donors (Lipinski definition) is 0. The quantitative estimate of drug-likeness (QED) is 0.441. The number of anilines is 1. The number of thioether (sulfide) groups is 1. The summed E-state index contributed by atoms with van der Waals surface area (Å²) >= 11 is 4.47. The van der Waals surface area contributed by atoms with Crippen LogP contribution in [-0.2, 0) is 4.79 Å². The molecule has 5 nitrogen and oxygen atoms in total. The molecular weight excluding hydrogens is 454 g/mol. The van der Waals surface area contributed by atoms with E-state index in [2.05, 4.69) is 22.9 Å². The Labute approximate surface area is 183 Å². The molecule has 2 aromatic carbocycles. The molecular formula is C22H22BrNO4S. The normalized spacial score (nSPS) is 16.4. The molecule has 2 aromatic rings. The monoisotopic (exact) mass is 475 g/mol. The van der Waals surface area contributed by atoms with Gasteiger partial charge in [-0.15, -0.1) is 0 Å². The third-order valence-corrected chi connectivity index (χ3v) is 5.92. The fourth-order valence-corrected chi connectivity index (χ4v) is 4.00. The van der Waals surface area contributed by atoms with E-state index >= 15 is 0 Å². The van der Waals surface area contributed by atoms with Gasteiger partial charge >= 0.3 is 0 Å². The van der Waals surface area contributed by atoms with Gasteiger partial charge in [-0.1, -0.05) is 41.1 Å². The van der Waals surface area contributed by atoms with E-state index in [1.54, 1.807) is 30.3 Å². The van der Waals surface area contributed by atoms with Crippen LogP contribution in [0, 0.1) is 0 Å². The Bertz CT molecular complexity index is 945. The molecule has 0 aliphatic carbocycles. The molecule has 1 aliphatic rings. The van der Waals surface area contributed by atoms with Crippen molar-refractivity contribution in [3.05, 3.63) is 57.4 Å². The number of rotatable bonds is 7. The molecule has 0 N–H and O–H groups in total. The maximum atomic E-state index is 12.8. The lowest BCUT2D eigenvalue weighted by molar-refractivity contribution is -0.113. The highest BCUT2D eigenvalue weighted by atomic mass is 79.9. The van der Waals surface area contributed by atoms with Crippen molar-refractivity contribution in [3.63, 3.8) is 0 Å². The number of imide groups is 1. The van der Waals surface area contributed by atoms with E-state index in [1.165, 1.54) is 4.90 Å². The highest BCUT2D eigenvalue weighted by Crippen LogP contribution is 2.39. The molecule has 29 heavy (non-hydrogen) atoms. The smallest absolute Gasteiger partial charge is 0.298 e. The molecule has 2 amide bonds. The summed E-state index contributed by atoms with van der Waals surface area (Å²) in [6, 6.07) is 12.6. The number of amides is 2. The average Bonchev–Trinajstić information content (AvgIpc) is 2.99. The summed E-state index contributed by atoms with van der Waals surface area (Å²) in [6.45, 7) is 6.44. The van der Waals surface area contributed by atoms with E-state index in [-0.39, 0.29) is 17.3 Å². The van der Waals surface area contributed by atoms with Gasteiger partial charge in [0.25, 0.3) is 11.1 Å². The number of carbonyl (C=O) groups is 2. The lowest BCUT2D eigenvalue weighted by Gasteiger charge is -2.17. The van der Waals surface area contributed by atoms with Gasteiger partial charge in [0.2, 0.25) is 0 Å². The van der Waals surface area contributed by atoms with Gasteiger partial charge in [0.1, 0.15) is 0 Å². The number of benzene rings is 2. The van der Waals surface area contributed by atoms with Crippen LogP contribution in [0.2, 0.25) is 0 Å². The molecule has 0 unspecified atom stereocenters. The minimum atomic E-state index is -0.337. The fraction of sp³-hybridized carbons (Fsp3) is 0.273. The first-order valence-corrected chi connectivity index (χ1v) is 11.0. The highest BCUT2D eigenvalue weighted by Gasteiger charge is 2.36. The van der Waals surface area contributed by atoms with Gasteiger partial charge in [-0.25, -0.2) is 4.90 Å². The van der Waals surface area contributed by atoms with Crippen LogP contribution in [-0.4, -0.2) is 23.9 Å². The number of halogens is 1. The molecule has 1 heterocycles. The Kier molecular flexibility index (Phi) is 7.03. The van der Waals surface area contributed by atoms with Crippen molar-refractivity contribution in [3.8, 4) is 11.5 Å². The van der Waals surface area contributed by atoms with Crippen molar-refractivity contribution in [1.29, 1.82) is 0 Å². The largest absolute Gasteiger partial charge is 0.490 e. The van der Waals surface area contributed by atoms with Crippen molar-refractivity contribution in [2.24, 2.45) is 0 Å². The van der Waals surface area contributed by atoms with E-state index < -0.39 is 0 Å². The van der Waals surface area contributed by atoms with Crippen molar-refractivity contribution in [2.45, 2.75) is 33.3 Å². The second-order valence-corrected chi connectivity index (χ2v) is 8.29. The molecule has 1 fully saturated rings. The van der Waals surface area contributed by atoms with Crippen molar-refractivity contribution in [1.82, 2.24) is 0 Å². The van der Waals surface area contributed by atoms with Gasteiger partial charge < -0.3 is 9.47 Å². The van der Waals surface area contributed by atoms with Crippen LogP contribution in [0.1, 0.15) is 32.8 Å². The summed E-state index contributed by atoms with van der Waals surface area (Å²) in [5.74, 6) is 0.906. The summed E-state index contributed by atoms with van der Waals surface area (Å²) in [7, 11) is 0. The first kappa shape index (κ1) is 21.5. The molecule has 1 aliphatic heterocycles. The number of nitrogens with zero attached hydrogens (tertiary/aromatic N) is 1. The third-order valence-electron chi connectivity index (χ3n) is 4.36. The van der Waals surface area contributed by atoms with E-state index in [0.29, 0.717) is 28.7 Å². The van der Waals surface area contributed by atoms with Crippen LogP contribution in [0.4, 0.5) is 10.5 Å². The average molecular weight is 476 g/mol. The third kappa shape index (κ3) is 4.85. The Balaban J connectivity index is 1.94.